The first-order valence-electron chi connectivity index (χ1n) is 7.29. The number of nitrogens with one attached hydrogen (secondary N) is 2. The van der Waals surface area contributed by atoms with Gasteiger partial charge in [-0.2, -0.15) is 0 Å². The zero-order valence-electron chi connectivity index (χ0n) is 12.5. The van der Waals surface area contributed by atoms with Crippen LogP contribution in [0.15, 0.2) is 18.2 Å². The van der Waals surface area contributed by atoms with Crippen molar-refractivity contribution in [3.63, 3.8) is 0 Å². The third-order valence-electron chi connectivity index (χ3n) is 4.29. The molecule has 21 heavy (non-hydrogen) atoms. The van der Waals surface area contributed by atoms with Gasteiger partial charge in [-0.05, 0) is 43.4 Å². The van der Waals surface area contributed by atoms with E-state index in [9.17, 15) is 14.7 Å². The highest BCUT2D eigenvalue weighted by Crippen LogP contribution is 2.29. The fourth-order valence-electron chi connectivity index (χ4n) is 2.93. The van der Waals surface area contributed by atoms with Crippen molar-refractivity contribution in [3.8, 4) is 0 Å². The number of carboxylic acid groups (broad SMARTS) is 1. The monoisotopic (exact) mass is 290 g/mol. The van der Waals surface area contributed by atoms with Gasteiger partial charge in [-0.3, -0.25) is 0 Å². The van der Waals surface area contributed by atoms with Crippen molar-refractivity contribution in [1.29, 1.82) is 0 Å². The summed E-state index contributed by atoms with van der Waals surface area (Å²) >= 11 is 0. The van der Waals surface area contributed by atoms with Crippen LogP contribution in [0.25, 0.3) is 0 Å². The number of carboxylic acids is 1. The van der Waals surface area contributed by atoms with Gasteiger partial charge in [0.1, 0.15) is 5.54 Å². The van der Waals surface area contributed by atoms with E-state index in [1.54, 1.807) is 0 Å². The molecule has 5 heteroatoms. The van der Waals surface area contributed by atoms with Gasteiger partial charge in [-0.25, -0.2) is 9.59 Å². The highest BCUT2D eigenvalue weighted by atomic mass is 16.4. The van der Waals surface area contributed by atoms with Gasteiger partial charge in [0.25, 0.3) is 0 Å². The lowest BCUT2D eigenvalue weighted by atomic mass is 9.98. The molecule has 1 saturated carbocycles. The Labute approximate surface area is 124 Å². The average Bonchev–Trinajstić information content (AvgIpc) is 2.88. The Balaban J connectivity index is 1.98. The summed E-state index contributed by atoms with van der Waals surface area (Å²) in [5.74, 6) is -0.942. The Bertz CT molecular complexity index is 528. The summed E-state index contributed by atoms with van der Waals surface area (Å²) in [5.41, 5.74) is 2.21. The topological polar surface area (TPSA) is 78.4 Å². The minimum atomic E-state index is -1.09. The lowest BCUT2D eigenvalue weighted by molar-refractivity contribution is -0.144. The Hall–Kier alpha value is -2.04. The molecule has 2 rings (SSSR count). The van der Waals surface area contributed by atoms with Crippen LogP contribution in [0.2, 0.25) is 0 Å². The molecule has 2 amide bonds. The summed E-state index contributed by atoms with van der Waals surface area (Å²) in [6.07, 6.45) is 2.67. The van der Waals surface area contributed by atoms with Crippen LogP contribution in [0.5, 0.6) is 0 Å². The van der Waals surface area contributed by atoms with Crippen LogP contribution >= 0.6 is 0 Å². The number of carbonyl (C=O) groups excluding carboxylic acids is 1. The van der Waals surface area contributed by atoms with E-state index >= 15 is 0 Å². The Morgan fingerprint density at radius 2 is 1.76 bits per heavy atom. The van der Waals surface area contributed by atoms with E-state index in [1.165, 1.54) is 0 Å². The van der Waals surface area contributed by atoms with Crippen LogP contribution < -0.4 is 10.6 Å². The van der Waals surface area contributed by atoms with E-state index in [4.69, 9.17) is 0 Å². The van der Waals surface area contributed by atoms with Crippen molar-refractivity contribution in [3.05, 3.63) is 34.9 Å². The largest absolute Gasteiger partial charge is 0.480 e. The van der Waals surface area contributed by atoms with Gasteiger partial charge in [-0.15, -0.1) is 0 Å². The van der Waals surface area contributed by atoms with Crippen LogP contribution in [-0.4, -0.2) is 22.6 Å². The average molecular weight is 290 g/mol. The highest BCUT2D eigenvalue weighted by molar-refractivity contribution is 5.86. The van der Waals surface area contributed by atoms with Crippen molar-refractivity contribution < 1.29 is 14.7 Å². The first-order valence-corrected chi connectivity index (χ1v) is 7.29. The fourth-order valence-corrected chi connectivity index (χ4v) is 2.93. The van der Waals surface area contributed by atoms with Gasteiger partial charge >= 0.3 is 12.0 Å². The molecule has 5 nitrogen and oxygen atoms in total. The van der Waals surface area contributed by atoms with Gasteiger partial charge in [0.15, 0.2) is 0 Å². The summed E-state index contributed by atoms with van der Waals surface area (Å²) < 4.78 is 0. The Morgan fingerprint density at radius 3 is 2.29 bits per heavy atom. The fraction of sp³-hybridized carbons (Fsp3) is 0.500. The molecule has 0 unspecified atom stereocenters. The predicted octanol–water partition coefficient (Wildman–Crippen LogP) is 2.50. The summed E-state index contributed by atoms with van der Waals surface area (Å²) in [5, 5.41) is 14.8. The minimum Gasteiger partial charge on any atom is -0.480 e. The number of hydrogen-bond acceptors (Lipinski definition) is 2. The number of aryl methyl sites for hydroxylation is 2. The second-order valence-electron chi connectivity index (χ2n) is 5.77. The lowest BCUT2D eigenvalue weighted by Gasteiger charge is -2.25. The Kier molecular flexibility index (Phi) is 4.50. The summed E-state index contributed by atoms with van der Waals surface area (Å²) in [6.45, 7) is 4.40. The van der Waals surface area contributed by atoms with E-state index in [0.717, 1.165) is 29.5 Å². The van der Waals surface area contributed by atoms with Gasteiger partial charge in [0.05, 0.1) is 0 Å². The van der Waals surface area contributed by atoms with Gasteiger partial charge in [-0.1, -0.05) is 31.0 Å². The third kappa shape index (κ3) is 3.35. The van der Waals surface area contributed by atoms with Crippen LogP contribution in [0.4, 0.5) is 4.79 Å². The summed E-state index contributed by atoms with van der Waals surface area (Å²) in [4.78, 5) is 23.4. The van der Waals surface area contributed by atoms with Crippen LogP contribution in [0, 0.1) is 13.8 Å². The van der Waals surface area contributed by atoms with E-state index in [-0.39, 0.29) is 0 Å². The van der Waals surface area contributed by atoms with Gasteiger partial charge < -0.3 is 15.7 Å². The maximum absolute atomic E-state index is 12.0. The zero-order chi connectivity index (χ0) is 15.5. The van der Waals surface area contributed by atoms with Crippen molar-refractivity contribution in [1.82, 2.24) is 10.6 Å². The van der Waals surface area contributed by atoms with Crippen LogP contribution in [-0.2, 0) is 11.3 Å². The molecule has 1 aliphatic rings. The van der Waals surface area contributed by atoms with Gasteiger partial charge in [0.2, 0.25) is 0 Å². The standard InChI is InChI=1S/C16H22N2O3/c1-11-6-5-7-12(2)13(11)10-17-15(21)18-16(14(19)20)8-3-4-9-16/h5-7H,3-4,8-10H2,1-2H3,(H,19,20)(H2,17,18,21). The maximum atomic E-state index is 12.0. The second kappa shape index (κ2) is 6.16. The molecule has 0 radical (unpaired) electrons. The number of urea groups is 1. The first kappa shape index (κ1) is 15.4. The molecule has 0 heterocycles. The SMILES string of the molecule is Cc1cccc(C)c1CNC(=O)NC1(C(=O)O)CCCC1. The number of rotatable bonds is 4. The number of amides is 2. The van der Waals surface area contributed by atoms with Gasteiger partial charge in [0, 0.05) is 6.54 Å². The molecule has 0 spiro atoms. The molecule has 1 aliphatic carbocycles. The maximum Gasteiger partial charge on any atom is 0.329 e. The molecule has 114 valence electrons. The molecule has 1 aromatic carbocycles. The van der Waals surface area contributed by atoms with E-state index < -0.39 is 17.5 Å². The third-order valence-corrected chi connectivity index (χ3v) is 4.29. The summed E-state index contributed by atoms with van der Waals surface area (Å²) in [7, 11) is 0. The molecular weight excluding hydrogens is 268 g/mol. The molecule has 0 saturated heterocycles. The van der Waals surface area contributed by atoms with Crippen molar-refractivity contribution in [2.45, 2.75) is 51.6 Å². The van der Waals surface area contributed by atoms with E-state index in [1.807, 2.05) is 32.0 Å². The van der Waals surface area contributed by atoms with Crippen LogP contribution in [0.1, 0.15) is 42.4 Å². The predicted molar refractivity (Wildman–Crippen MR) is 80.1 cm³/mol. The number of benzene rings is 1. The number of hydrogen-bond donors (Lipinski definition) is 3. The first-order chi connectivity index (χ1) is 9.94. The van der Waals surface area contributed by atoms with E-state index in [2.05, 4.69) is 10.6 Å². The second-order valence-corrected chi connectivity index (χ2v) is 5.77. The molecule has 3 N–H and O–H groups in total. The lowest BCUT2D eigenvalue weighted by Crippen LogP contribution is -2.55. The smallest absolute Gasteiger partial charge is 0.329 e. The van der Waals surface area contributed by atoms with E-state index in [0.29, 0.717) is 19.4 Å². The normalized spacial score (nSPS) is 16.5. The van der Waals surface area contributed by atoms with Crippen molar-refractivity contribution in [2.24, 2.45) is 0 Å². The molecular formula is C16H22N2O3. The molecule has 1 aromatic rings. The summed E-state index contributed by atoms with van der Waals surface area (Å²) in [6, 6.07) is 5.56. The van der Waals surface area contributed by atoms with Crippen molar-refractivity contribution in [2.75, 3.05) is 0 Å². The zero-order valence-corrected chi connectivity index (χ0v) is 12.5. The highest BCUT2D eigenvalue weighted by Gasteiger charge is 2.42. The minimum absolute atomic E-state index is 0.403. The number of aliphatic carboxylic acids is 1. The molecule has 0 atom stereocenters. The molecule has 0 bridgehead atoms. The quantitative estimate of drug-likeness (QED) is 0.797. The molecule has 0 aromatic heterocycles. The van der Waals surface area contributed by atoms with Crippen molar-refractivity contribution >= 4 is 12.0 Å². The van der Waals surface area contributed by atoms with Crippen LogP contribution in [0.3, 0.4) is 0 Å². The Morgan fingerprint density at radius 1 is 1.19 bits per heavy atom. The molecule has 1 fully saturated rings. The number of carbonyl (C=O) groups is 2. The molecule has 0 aliphatic heterocycles.